The fourth-order valence-corrected chi connectivity index (χ4v) is 1.55. The van der Waals surface area contributed by atoms with Gasteiger partial charge in [-0.2, -0.15) is 0 Å². The van der Waals surface area contributed by atoms with E-state index in [0.29, 0.717) is 5.75 Å². The smallest absolute Gasteiger partial charge is 0.332 e. The topological polar surface area (TPSA) is 95.9 Å². The summed E-state index contributed by atoms with van der Waals surface area (Å²) in [7, 11) is 0. The van der Waals surface area contributed by atoms with E-state index in [9.17, 15) is 9.59 Å². The van der Waals surface area contributed by atoms with E-state index in [1.165, 1.54) is 0 Å². The van der Waals surface area contributed by atoms with Crippen LogP contribution in [0.25, 0.3) is 0 Å². The number of benzene rings is 1. The summed E-state index contributed by atoms with van der Waals surface area (Å²) in [5.74, 6) is -1.01. The molecule has 0 bridgehead atoms. The molecule has 6 heteroatoms. The summed E-state index contributed by atoms with van der Waals surface area (Å²) in [5.41, 5.74) is 2.05. The second-order valence-corrected chi connectivity index (χ2v) is 4.48. The summed E-state index contributed by atoms with van der Waals surface area (Å²) in [5, 5.41) is 20.0. The highest BCUT2D eigenvalue weighted by molar-refractivity contribution is 5.77. The first-order valence-electron chi connectivity index (χ1n) is 6.28. The number of hydrogen-bond acceptors (Lipinski definition) is 4. The molecule has 0 saturated carbocycles. The number of aryl methyl sites for hydroxylation is 1. The Balaban J connectivity index is 2.33. The molecule has 0 heterocycles. The van der Waals surface area contributed by atoms with Gasteiger partial charge in [0.2, 0.25) is 0 Å². The van der Waals surface area contributed by atoms with Crippen LogP contribution in [0.1, 0.15) is 17.5 Å². The van der Waals surface area contributed by atoms with Gasteiger partial charge >= 0.3 is 5.97 Å². The van der Waals surface area contributed by atoms with Gasteiger partial charge in [0, 0.05) is 13.0 Å². The zero-order valence-corrected chi connectivity index (χ0v) is 11.5. The molecule has 110 valence electrons. The van der Waals surface area contributed by atoms with E-state index in [2.05, 4.69) is 5.32 Å². The van der Waals surface area contributed by atoms with Crippen LogP contribution in [0.2, 0.25) is 0 Å². The highest BCUT2D eigenvalue weighted by Crippen LogP contribution is 2.20. The number of ether oxygens (including phenoxy) is 1. The zero-order chi connectivity index (χ0) is 15.1. The van der Waals surface area contributed by atoms with E-state index in [-0.39, 0.29) is 25.5 Å². The largest absolute Gasteiger partial charge is 0.483 e. The van der Waals surface area contributed by atoms with Crippen LogP contribution in [0.5, 0.6) is 5.75 Å². The molecular weight excluding hydrogens is 262 g/mol. The third-order valence-electron chi connectivity index (χ3n) is 2.94. The van der Waals surface area contributed by atoms with E-state index in [1.54, 1.807) is 6.07 Å². The molecule has 1 aromatic rings. The molecule has 6 nitrogen and oxygen atoms in total. The molecule has 1 aromatic carbocycles. The van der Waals surface area contributed by atoms with Crippen LogP contribution < -0.4 is 10.1 Å². The fraction of sp³-hybridized carbons (Fsp3) is 0.429. The van der Waals surface area contributed by atoms with Crippen molar-refractivity contribution in [1.82, 2.24) is 5.32 Å². The van der Waals surface area contributed by atoms with Gasteiger partial charge in [-0.1, -0.05) is 12.1 Å². The first-order chi connectivity index (χ1) is 9.41. The predicted octanol–water partition coefficient (Wildman–Crippen LogP) is 0.634. The Morgan fingerprint density at radius 1 is 1.35 bits per heavy atom. The molecule has 20 heavy (non-hydrogen) atoms. The summed E-state index contributed by atoms with van der Waals surface area (Å²) in [4.78, 5) is 21.9. The van der Waals surface area contributed by atoms with E-state index in [4.69, 9.17) is 14.9 Å². The predicted molar refractivity (Wildman–Crippen MR) is 72.7 cm³/mol. The molecule has 1 amide bonds. The lowest BCUT2D eigenvalue weighted by Gasteiger charge is -2.11. The Hall–Kier alpha value is -2.08. The van der Waals surface area contributed by atoms with Gasteiger partial charge in [0.1, 0.15) is 5.75 Å². The Bertz CT molecular complexity index is 486. The van der Waals surface area contributed by atoms with Crippen molar-refractivity contribution in [3.63, 3.8) is 0 Å². The SMILES string of the molecule is Cc1cccc(OCC(=O)NCCC(O)C(=O)O)c1C. The normalized spacial score (nSPS) is 11.8. The minimum absolute atomic E-state index is 0.0372. The van der Waals surface area contributed by atoms with Crippen LogP contribution >= 0.6 is 0 Å². The van der Waals surface area contributed by atoms with Crippen LogP contribution in [0, 0.1) is 13.8 Å². The van der Waals surface area contributed by atoms with E-state index >= 15 is 0 Å². The zero-order valence-electron chi connectivity index (χ0n) is 11.5. The number of aliphatic hydroxyl groups excluding tert-OH is 1. The summed E-state index contributed by atoms with van der Waals surface area (Å²) >= 11 is 0. The molecule has 1 unspecified atom stereocenters. The number of aliphatic carboxylic acids is 1. The minimum Gasteiger partial charge on any atom is -0.483 e. The second-order valence-electron chi connectivity index (χ2n) is 4.48. The van der Waals surface area contributed by atoms with Crippen molar-refractivity contribution in [2.45, 2.75) is 26.4 Å². The number of rotatable bonds is 7. The van der Waals surface area contributed by atoms with Gasteiger partial charge in [-0.15, -0.1) is 0 Å². The van der Waals surface area contributed by atoms with Gasteiger partial charge < -0.3 is 20.3 Å². The van der Waals surface area contributed by atoms with Crippen molar-refractivity contribution in [3.05, 3.63) is 29.3 Å². The first-order valence-corrected chi connectivity index (χ1v) is 6.28. The van der Waals surface area contributed by atoms with Gasteiger partial charge in [-0.3, -0.25) is 4.79 Å². The number of carbonyl (C=O) groups is 2. The number of hydrogen-bond donors (Lipinski definition) is 3. The molecule has 0 fully saturated rings. The Morgan fingerprint density at radius 3 is 2.70 bits per heavy atom. The van der Waals surface area contributed by atoms with Gasteiger partial charge in [-0.05, 0) is 31.0 Å². The monoisotopic (exact) mass is 281 g/mol. The Kier molecular flexibility index (Phi) is 5.99. The molecule has 0 aliphatic heterocycles. The van der Waals surface area contributed by atoms with Crippen molar-refractivity contribution in [2.75, 3.05) is 13.2 Å². The van der Waals surface area contributed by atoms with E-state index in [0.717, 1.165) is 11.1 Å². The summed E-state index contributed by atoms with van der Waals surface area (Å²) < 4.78 is 5.39. The number of nitrogens with one attached hydrogen (secondary N) is 1. The maximum absolute atomic E-state index is 11.5. The third kappa shape index (κ3) is 4.89. The van der Waals surface area contributed by atoms with E-state index < -0.39 is 12.1 Å². The number of aliphatic hydroxyl groups is 1. The summed E-state index contributed by atoms with van der Waals surface area (Å²) in [6, 6.07) is 5.58. The molecular formula is C14H19NO5. The Labute approximate surface area is 117 Å². The number of carbonyl (C=O) groups excluding carboxylic acids is 1. The molecule has 3 N–H and O–H groups in total. The van der Waals surface area contributed by atoms with E-state index in [1.807, 2.05) is 26.0 Å². The van der Waals surface area contributed by atoms with Crippen molar-refractivity contribution >= 4 is 11.9 Å². The average Bonchev–Trinajstić information content (AvgIpc) is 2.40. The van der Waals surface area contributed by atoms with Crippen molar-refractivity contribution in [3.8, 4) is 5.75 Å². The number of carboxylic acids is 1. The van der Waals surface area contributed by atoms with Gasteiger partial charge in [0.25, 0.3) is 5.91 Å². The fourth-order valence-electron chi connectivity index (χ4n) is 1.55. The summed E-state index contributed by atoms with van der Waals surface area (Å²) in [6.07, 6.45) is -1.50. The quantitative estimate of drug-likeness (QED) is 0.681. The highest BCUT2D eigenvalue weighted by atomic mass is 16.5. The van der Waals surface area contributed by atoms with Gasteiger partial charge in [-0.25, -0.2) is 4.79 Å². The van der Waals surface area contributed by atoms with Gasteiger partial charge in [0.05, 0.1) is 0 Å². The van der Waals surface area contributed by atoms with Gasteiger partial charge in [0.15, 0.2) is 12.7 Å². The van der Waals surface area contributed by atoms with Crippen molar-refractivity contribution in [1.29, 1.82) is 0 Å². The lowest BCUT2D eigenvalue weighted by atomic mass is 10.1. The molecule has 0 aliphatic rings. The van der Waals surface area contributed by atoms with Crippen LogP contribution in [-0.4, -0.2) is 41.3 Å². The lowest BCUT2D eigenvalue weighted by Crippen LogP contribution is -2.33. The molecule has 0 saturated heterocycles. The standard InChI is InChI=1S/C14H19NO5/c1-9-4-3-5-12(10(9)2)20-8-13(17)15-7-6-11(16)14(18)19/h3-5,11,16H,6-8H2,1-2H3,(H,15,17)(H,18,19). The van der Waals surface area contributed by atoms with Crippen LogP contribution in [0.15, 0.2) is 18.2 Å². The van der Waals surface area contributed by atoms with Crippen LogP contribution in [-0.2, 0) is 9.59 Å². The number of carboxylic acid groups (broad SMARTS) is 1. The average molecular weight is 281 g/mol. The maximum Gasteiger partial charge on any atom is 0.332 e. The molecule has 0 aromatic heterocycles. The first kappa shape index (κ1) is 16.0. The molecule has 1 rings (SSSR count). The molecule has 1 atom stereocenters. The van der Waals surface area contributed by atoms with Crippen LogP contribution in [0.4, 0.5) is 0 Å². The molecule has 0 radical (unpaired) electrons. The minimum atomic E-state index is -1.46. The number of amides is 1. The Morgan fingerprint density at radius 2 is 2.05 bits per heavy atom. The third-order valence-corrected chi connectivity index (χ3v) is 2.94. The summed E-state index contributed by atoms with van der Waals surface area (Å²) in [6.45, 7) is 3.80. The van der Waals surface area contributed by atoms with Crippen LogP contribution in [0.3, 0.4) is 0 Å². The molecule has 0 spiro atoms. The van der Waals surface area contributed by atoms with Crippen molar-refractivity contribution < 1.29 is 24.5 Å². The van der Waals surface area contributed by atoms with Crippen molar-refractivity contribution in [2.24, 2.45) is 0 Å². The maximum atomic E-state index is 11.5. The molecule has 0 aliphatic carbocycles. The second kappa shape index (κ2) is 7.49. The highest BCUT2D eigenvalue weighted by Gasteiger charge is 2.13. The lowest BCUT2D eigenvalue weighted by molar-refractivity contribution is -0.147.